The summed E-state index contributed by atoms with van der Waals surface area (Å²) < 4.78 is 27.2. The Morgan fingerprint density at radius 1 is 1.14 bits per heavy atom. The van der Waals surface area contributed by atoms with Gasteiger partial charge in [0, 0.05) is 55.0 Å². The molecule has 5 rings (SSSR count). The molecule has 1 N–H and O–H groups in total. The van der Waals surface area contributed by atoms with Gasteiger partial charge in [0.15, 0.2) is 5.82 Å². The lowest BCUT2D eigenvalue weighted by Gasteiger charge is -2.28. The summed E-state index contributed by atoms with van der Waals surface area (Å²) in [6.45, 7) is 2.19. The number of hydrogen-bond acceptors (Lipinski definition) is 5. The summed E-state index contributed by atoms with van der Waals surface area (Å²) in [5, 5.41) is 8.98. The van der Waals surface area contributed by atoms with Crippen LogP contribution in [0.1, 0.15) is 16.8 Å². The van der Waals surface area contributed by atoms with E-state index < -0.39 is 11.6 Å². The predicted molar refractivity (Wildman–Crippen MR) is 107 cm³/mol. The summed E-state index contributed by atoms with van der Waals surface area (Å²) >= 11 is 1.63. The number of halogens is 2. The Bertz CT molecular complexity index is 1140. The zero-order valence-corrected chi connectivity index (χ0v) is 16.2. The van der Waals surface area contributed by atoms with Gasteiger partial charge in [0.1, 0.15) is 11.6 Å². The summed E-state index contributed by atoms with van der Waals surface area (Å²) in [7, 11) is 0. The first-order valence-electron chi connectivity index (χ1n) is 9.25. The summed E-state index contributed by atoms with van der Waals surface area (Å²) in [5.41, 5.74) is 4.18. The molecule has 0 aliphatic carbocycles. The second-order valence-electron chi connectivity index (χ2n) is 7.03. The number of hydrogen-bond donors (Lipinski definition) is 1. The molecule has 0 unspecified atom stereocenters. The Kier molecular flexibility index (Phi) is 4.65. The van der Waals surface area contributed by atoms with Gasteiger partial charge in [-0.2, -0.15) is 5.10 Å². The standard InChI is InChI=1S/C21H17F2N5S/c22-16-6-13(7-17(23)8-16)20-15(10-25-27-20)12-28-4-3-18-14(11-28)9-24-21(26-18)19-2-1-5-29-19/h1-2,5-10H,3-4,11-12H2,(H,25,27). The van der Waals surface area contributed by atoms with Crippen LogP contribution in [0.15, 0.2) is 48.1 Å². The molecule has 0 atom stereocenters. The molecule has 0 bridgehead atoms. The number of nitrogens with one attached hydrogen (secondary N) is 1. The summed E-state index contributed by atoms with van der Waals surface area (Å²) in [4.78, 5) is 12.6. The molecule has 5 nitrogen and oxygen atoms in total. The minimum atomic E-state index is -0.605. The second-order valence-corrected chi connectivity index (χ2v) is 7.98. The minimum absolute atomic E-state index is 0.455. The fourth-order valence-corrected chi connectivity index (χ4v) is 4.32. The van der Waals surface area contributed by atoms with Crippen molar-refractivity contribution in [2.75, 3.05) is 6.54 Å². The van der Waals surface area contributed by atoms with E-state index in [4.69, 9.17) is 4.98 Å². The quantitative estimate of drug-likeness (QED) is 0.542. The average molecular weight is 409 g/mol. The molecule has 0 saturated carbocycles. The molecule has 4 heterocycles. The van der Waals surface area contributed by atoms with Gasteiger partial charge in [-0.1, -0.05) is 6.07 Å². The topological polar surface area (TPSA) is 57.7 Å². The van der Waals surface area contributed by atoms with E-state index >= 15 is 0 Å². The van der Waals surface area contributed by atoms with Crippen molar-refractivity contribution in [3.63, 3.8) is 0 Å². The lowest BCUT2D eigenvalue weighted by atomic mass is 10.0. The van der Waals surface area contributed by atoms with Gasteiger partial charge in [-0.25, -0.2) is 18.7 Å². The van der Waals surface area contributed by atoms with Gasteiger partial charge in [0.2, 0.25) is 0 Å². The van der Waals surface area contributed by atoms with Crippen molar-refractivity contribution in [1.29, 1.82) is 0 Å². The number of aromatic amines is 1. The number of H-pyrrole nitrogens is 1. The molecule has 1 aromatic carbocycles. The van der Waals surface area contributed by atoms with Crippen LogP contribution in [0.2, 0.25) is 0 Å². The van der Waals surface area contributed by atoms with Gasteiger partial charge in [-0.15, -0.1) is 11.3 Å². The van der Waals surface area contributed by atoms with Crippen molar-refractivity contribution in [1.82, 2.24) is 25.1 Å². The van der Waals surface area contributed by atoms with E-state index in [1.165, 1.54) is 12.1 Å². The third-order valence-electron chi connectivity index (χ3n) is 5.02. The molecule has 8 heteroatoms. The number of rotatable bonds is 4. The van der Waals surface area contributed by atoms with Crippen LogP contribution in [0.3, 0.4) is 0 Å². The van der Waals surface area contributed by atoms with Crippen molar-refractivity contribution in [3.05, 3.63) is 76.6 Å². The first kappa shape index (κ1) is 18.1. The van der Waals surface area contributed by atoms with Crippen LogP contribution in [0, 0.1) is 11.6 Å². The molecule has 0 amide bonds. The number of aromatic nitrogens is 4. The monoisotopic (exact) mass is 409 g/mol. The molecule has 146 valence electrons. The van der Waals surface area contributed by atoms with E-state index in [2.05, 4.69) is 20.1 Å². The fourth-order valence-electron chi connectivity index (χ4n) is 3.65. The van der Waals surface area contributed by atoms with E-state index in [9.17, 15) is 8.78 Å². The van der Waals surface area contributed by atoms with Crippen LogP contribution in [-0.4, -0.2) is 31.6 Å². The van der Waals surface area contributed by atoms with E-state index in [1.807, 2.05) is 23.7 Å². The Morgan fingerprint density at radius 2 is 2.00 bits per heavy atom. The lowest BCUT2D eigenvalue weighted by Crippen LogP contribution is -2.31. The predicted octanol–water partition coefficient (Wildman–Crippen LogP) is 4.43. The maximum Gasteiger partial charge on any atom is 0.169 e. The van der Waals surface area contributed by atoms with Gasteiger partial charge >= 0.3 is 0 Å². The van der Waals surface area contributed by atoms with Crippen LogP contribution in [-0.2, 0) is 19.5 Å². The highest BCUT2D eigenvalue weighted by molar-refractivity contribution is 7.13. The lowest BCUT2D eigenvalue weighted by molar-refractivity contribution is 0.243. The summed E-state index contributed by atoms with van der Waals surface area (Å²) in [6.07, 6.45) is 4.45. The highest BCUT2D eigenvalue weighted by Gasteiger charge is 2.21. The van der Waals surface area contributed by atoms with E-state index in [1.54, 1.807) is 17.5 Å². The van der Waals surface area contributed by atoms with Crippen LogP contribution in [0.25, 0.3) is 22.0 Å². The largest absolute Gasteiger partial charge is 0.294 e. The fraction of sp³-hybridized carbons (Fsp3) is 0.190. The molecule has 0 saturated heterocycles. The summed E-state index contributed by atoms with van der Waals surface area (Å²) in [5.74, 6) is -0.435. The van der Waals surface area contributed by atoms with E-state index in [0.717, 1.165) is 53.1 Å². The van der Waals surface area contributed by atoms with Gasteiger partial charge in [-0.05, 0) is 23.6 Å². The third kappa shape index (κ3) is 3.68. The molecule has 1 aliphatic heterocycles. The SMILES string of the molecule is Fc1cc(F)cc(-c2[nH]ncc2CN2CCc3nc(-c4cccs4)ncc3C2)c1. The third-order valence-corrected chi connectivity index (χ3v) is 5.88. The molecule has 3 aromatic heterocycles. The first-order valence-corrected chi connectivity index (χ1v) is 10.1. The van der Waals surface area contributed by atoms with E-state index in [0.29, 0.717) is 17.8 Å². The molecule has 0 spiro atoms. The maximum absolute atomic E-state index is 13.6. The Labute approximate surface area is 170 Å². The average Bonchev–Trinajstić information content (AvgIpc) is 3.39. The summed E-state index contributed by atoms with van der Waals surface area (Å²) in [6, 6.07) is 7.51. The molecule has 4 aromatic rings. The zero-order valence-electron chi connectivity index (χ0n) is 15.4. The van der Waals surface area contributed by atoms with E-state index in [-0.39, 0.29) is 0 Å². The highest BCUT2D eigenvalue weighted by atomic mass is 32.1. The number of fused-ring (bicyclic) bond motifs is 1. The first-order chi connectivity index (χ1) is 14.2. The Balaban J connectivity index is 1.35. The van der Waals surface area contributed by atoms with Gasteiger partial charge in [0.25, 0.3) is 0 Å². The smallest absolute Gasteiger partial charge is 0.169 e. The van der Waals surface area contributed by atoms with Crippen molar-refractivity contribution in [2.45, 2.75) is 19.5 Å². The van der Waals surface area contributed by atoms with Crippen molar-refractivity contribution in [2.24, 2.45) is 0 Å². The number of thiophene rings is 1. The van der Waals surface area contributed by atoms with Crippen LogP contribution in [0.4, 0.5) is 8.78 Å². The maximum atomic E-state index is 13.6. The molecule has 1 aliphatic rings. The van der Waals surface area contributed by atoms with Crippen molar-refractivity contribution >= 4 is 11.3 Å². The molecule has 0 fully saturated rings. The van der Waals surface area contributed by atoms with Crippen LogP contribution >= 0.6 is 11.3 Å². The zero-order chi connectivity index (χ0) is 19.8. The number of nitrogens with zero attached hydrogens (tertiary/aromatic N) is 4. The van der Waals surface area contributed by atoms with Crippen LogP contribution in [0.5, 0.6) is 0 Å². The highest BCUT2D eigenvalue weighted by Crippen LogP contribution is 2.27. The second kappa shape index (κ2) is 7.46. The molecule has 0 radical (unpaired) electrons. The Morgan fingerprint density at radius 3 is 2.79 bits per heavy atom. The van der Waals surface area contributed by atoms with Gasteiger partial charge < -0.3 is 0 Å². The molecular weight excluding hydrogens is 392 g/mol. The molecular formula is C21H17F2N5S. The normalized spacial score (nSPS) is 14.1. The Hall–Kier alpha value is -2.97. The minimum Gasteiger partial charge on any atom is -0.294 e. The van der Waals surface area contributed by atoms with Gasteiger partial charge in [-0.3, -0.25) is 10.00 Å². The number of benzene rings is 1. The van der Waals surface area contributed by atoms with Crippen molar-refractivity contribution < 1.29 is 8.78 Å². The van der Waals surface area contributed by atoms with Crippen molar-refractivity contribution in [3.8, 4) is 22.0 Å². The van der Waals surface area contributed by atoms with Crippen LogP contribution < -0.4 is 0 Å². The van der Waals surface area contributed by atoms with Gasteiger partial charge in [0.05, 0.1) is 22.5 Å². The molecule has 29 heavy (non-hydrogen) atoms.